The minimum atomic E-state index is -0.271. The van der Waals surface area contributed by atoms with Crippen molar-refractivity contribution in [1.82, 2.24) is 25.3 Å². The lowest BCUT2D eigenvalue weighted by atomic mass is 10.3. The number of nitrogens with zero attached hydrogens (tertiary/aromatic N) is 4. The third-order valence-electron chi connectivity index (χ3n) is 2.99. The van der Waals surface area contributed by atoms with Crippen LogP contribution in [0.4, 0.5) is 4.39 Å². The van der Waals surface area contributed by atoms with E-state index in [1.165, 1.54) is 12.1 Å². The molecule has 0 aliphatic heterocycles. The van der Waals surface area contributed by atoms with Gasteiger partial charge in [-0.2, -0.15) is 0 Å². The Kier molecular flexibility index (Phi) is 4.03. The molecule has 0 fully saturated rings. The van der Waals surface area contributed by atoms with E-state index in [2.05, 4.69) is 20.6 Å². The monoisotopic (exact) mass is 303 g/mol. The fourth-order valence-electron chi connectivity index (χ4n) is 1.88. The van der Waals surface area contributed by atoms with Crippen LogP contribution in [0.5, 0.6) is 0 Å². The number of benzene rings is 1. The topological polar surface area (TPSA) is 55.6 Å². The largest absolute Gasteiger partial charge is 0.319 e. The lowest BCUT2D eigenvalue weighted by Gasteiger charge is -1.98. The van der Waals surface area contributed by atoms with Crippen LogP contribution in [0.3, 0.4) is 0 Å². The summed E-state index contributed by atoms with van der Waals surface area (Å²) in [5.74, 6) is -0.271. The summed E-state index contributed by atoms with van der Waals surface area (Å²) in [4.78, 5) is 4.54. The van der Waals surface area contributed by atoms with Crippen LogP contribution in [0.15, 0.2) is 35.8 Å². The van der Waals surface area contributed by atoms with Crippen LogP contribution in [0.25, 0.3) is 17.1 Å². The molecule has 2 aromatic heterocycles. The summed E-state index contributed by atoms with van der Waals surface area (Å²) in [6, 6.07) is 6.12. The zero-order chi connectivity index (χ0) is 14.7. The number of hydrogen-bond donors (Lipinski definition) is 1. The molecule has 0 saturated heterocycles. The van der Waals surface area contributed by atoms with E-state index in [0.717, 1.165) is 29.4 Å². The van der Waals surface area contributed by atoms with E-state index in [4.69, 9.17) is 0 Å². The Labute approximate surface area is 125 Å². The Morgan fingerprint density at radius 1 is 1.24 bits per heavy atom. The molecule has 5 nitrogen and oxygen atoms in total. The zero-order valence-electron chi connectivity index (χ0n) is 11.5. The molecule has 0 radical (unpaired) electrons. The summed E-state index contributed by atoms with van der Waals surface area (Å²) in [5.41, 5.74) is 2.30. The van der Waals surface area contributed by atoms with Crippen LogP contribution in [0, 0.1) is 5.82 Å². The van der Waals surface area contributed by atoms with Crippen LogP contribution >= 0.6 is 11.3 Å². The van der Waals surface area contributed by atoms with Crippen LogP contribution in [-0.2, 0) is 6.42 Å². The van der Waals surface area contributed by atoms with Crippen molar-refractivity contribution in [2.24, 2.45) is 0 Å². The number of likely N-dealkylation sites (N-methyl/N-ethyl adjacent to an activating group) is 1. The van der Waals surface area contributed by atoms with Crippen LogP contribution in [0.2, 0.25) is 0 Å². The highest BCUT2D eigenvalue weighted by Gasteiger charge is 2.09. The third-order valence-corrected chi connectivity index (χ3v) is 3.90. The van der Waals surface area contributed by atoms with Gasteiger partial charge in [-0.15, -0.1) is 16.4 Å². The molecule has 0 unspecified atom stereocenters. The van der Waals surface area contributed by atoms with Gasteiger partial charge in [0.1, 0.15) is 17.2 Å². The fraction of sp³-hybridized carbons (Fsp3) is 0.214. The van der Waals surface area contributed by atoms with Crippen molar-refractivity contribution < 1.29 is 4.39 Å². The molecule has 0 aliphatic carbocycles. The maximum Gasteiger partial charge on any atom is 0.132 e. The van der Waals surface area contributed by atoms with Crippen LogP contribution < -0.4 is 5.32 Å². The van der Waals surface area contributed by atoms with Gasteiger partial charge in [0, 0.05) is 18.3 Å². The number of thiazole rings is 1. The van der Waals surface area contributed by atoms with Gasteiger partial charge in [0.25, 0.3) is 0 Å². The molecule has 0 saturated carbocycles. The molecular formula is C14H14FN5S. The quantitative estimate of drug-likeness (QED) is 0.786. The number of halogens is 1. The number of hydrogen-bond acceptors (Lipinski definition) is 5. The summed E-state index contributed by atoms with van der Waals surface area (Å²) in [7, 11) is 1.92. The lowest BCUT2D eigenvalue weighted by Crippen LogP contribution is -2.09. The van der Waals surface area contributed by atoms with Crippen LogP contribution in [-0.4, -0.2) is 33.6 Å². The van der Waals surface area contributed by atoms with E-state index < -0.39 is 0 Å². The first kappa shape index (κ1) is 13.8. The molecule has 3 aromatic rings. The second-order valence-electron chi connectivity index (χ2n) is 4.50. The Morgan fingerprint density at radius 2 is 2.05 bits per heavy atom. The molecule has 21 heavy (non-hydrogen) atoms. The number of nitrogens with one attached hydrogen (secondary N) is 1. The number of rotatable bonds is 5. The van der Waals surface area contributed by atoms with Crippen LogP contribution in [0.1, 0.15) is 5.01 Å². The molecule has 0 aliphatic rings. The maximum absolute atomic E-state index is 12.9. The minimum Gasteiger partial charge on any atom is -0.319 e. The van der Waals surface area contributed by atoms with Gasteiger partial charge in [-0.1, -0.05) is 5.21 Å². The first-order valence-corrected chi connectivity index (χ1v) is 7.42. The van der Waals surface area contributed by atoms with Crippen molar-refractivity contribution in [3.05, 3.63) is 46.7 Å². The van der Waals surface area contributed by atoms with Crippen molar-refractivity contribution in [2.75, 3.05) is 13.6 Å². The standard InChI is InChI=1S/C14H14FN5S/c1-16-7-6-14-17-13(9-21-14)12-8-20(19-18-12)11-4-2-10(15)3-5-11/h2-5,8-9,16H,6-7H2,1H3. The van der Waals surface area contributed by atoms with Gasteiger partial charge in [0.05, 0.1) is 16.9 Å². The van der Waals surface area contributed by atoms with Gasteiger partial charge in [0.2, 0.25) is 0 Å². The molecule has 2 heterocycles. The van der Waals surface area contributed by atoms with Gasteiger partial charge in [-0.05, 0) is 31.3 Å². The third kappa shape index (κ3) is 3.14. The Balaban J connectivity index is 1.81. The van der Waals surface area contributed by atoms with Gasteiger partial charge in [-0.25, -0.2) is 14.1 Å². The average Bonchev–Trinajstić information content (AvgIpc) is 3.15. The predicted molar refractivity (Wildman–Crippen MR) is 80.1 cm³/mol. The summed E-state index contributed by atoms with van der Waals surface area (Å²) in [6.07, 6.45) is 2.69. The van der Waals surface area contributed by atoms with Gasteiger partial charge >= 0.3 is 0 Å². The summed E-state index contributed by atoms with van der Waals surface area (Å²) < 4.78 is 14.5. The molecular weight excluding hydrogens is 289 g/mol. The number of aromatic nitrogens is 4. The molecule has 0 atom stereocenters. The van der Waals surface area contributed by atoms with E-state index in [1.807, 2.05) is 12.4 Å². The molecule has 0 amide bonds. The normalized spacial score (nSPS) is 11.0. The van der Waals surface area contributed by atoms with Gasteiger partial charge in [-0.3, -0.25) is 0 Å². The molecule has 1 N–H and O–H groups in total. The molecule has 0 spiro atoms. The van der Waals surface area contributed by atoms with E-state index in [9.17, 15) is 4.39 Å². The summed E-state index contributed by atoms with van der Waals surface area (Å²) in [6.45, 7) is 0.898. The Morgan fingerprint density at radius 3 is 2.81 bits per heavy atom. The molecule has 1 aromatic carbocycles. The van der Waals surface area contributed by atoms with E-state index in [0.29, 0.717) is 5.69 Å². The first-order chi connectivity index (χ1) is 10.3. The van der Waals surface area contributed by atoms with E-state index in [1.54, 1.807) is 34.3 Å². The van der Waals surface area contributed by atoms with Crippen molar-refractivity contribution in [2.45, 2.75) is 6.42 Å². The fourth-order valence-corrected chi connectivity index (χ4v) is 2.67. The predicted octanol–water partition coefficient (Wildman–Crippen LogP) is 2.29. The zero-order valence-corrected chi connectivity index (χ0v) is 12.3. The second-order valence-corrected chi connectivity index (χ2v) is 5.45. The van der Waals surface area contributed by atoms with Crippen molar-refractivity contribution in [3.63, 3.8) is 0 Å². The van der Waals surface area contributed by atoms with E-state index >= 15 is 0 Å². The highest BCUT2D eigenvalue weighted by atomic mass is 32.1. The SMILES string of the molecule is CNCCc1nc(-c2cn(-c3ccc(F)cc3)nn2)cs1. The smallest absolute Gasteiger partial charge is 0.132 e. The van der Waals surface area contributed by atoms with Gasteiger partial charge in [0.15, 0.2) is 0 Å². The lowest BCUT2D eigenvalue weighted by molar-refractivity contribution is 0.626. The van der Waals surface area contributed by atoms with Crippen molar-refractivity contribution in [1.29, 1.82) is 0 Å². The first-order valence-electron chi connectivity index (χ1n) is 6.54. The van der Waals surface area contributed by atoms with Crippen molar-refractivity contribution in [3.8, 4) is 17.1 Å². The van der Waals surface area contributed by atoms with E-state index in [-0.39, 0.29) is 5.82 Å². The van der Waals surface area contributed by atoms with Crippen molar-refractivity contribution >= 4 is 11.3 Å². The maximum atomic E-state index is 12.9. The van der Waals surface area contributed by atoms with Gasteiger partial charge < -0.3 is 5.32 Å². The Hall–Kier alpha value is -2.12. The molecule has 7 heteroatoms. The highest BCUT2D eigenvalue weighted by molar-refractivity contribution is 7.09. The summed E-state index contributed by atoms with van der Waals surface area (Å²) >= 11 is 1.61. The molecule has 0 bridgehead atoms. The molecule has 108 valence electrons. The average molecular weight is 303 g/mol. The minimum absolute atomic E-state index is 0.271. The summed E-state index contributed by atoms with van der Waals surface area (Å²) in [5, 5.41) is 14.3. The second kappa shape index (κ2) is 6.11. The molecule has 3 rings (SSSR count). The Bertz CT molecular complexity index is 719. The highest BCUT2D eigenvalue weighted by Crippen LogP contribution is 2.20.